The monoisotopic (exact) mass is 393 g/mol. The topological polar surface area (TPSA) is 38.3 Å². The van der Waals surface area contributed by atoms with Gasteiger partial charge >= 0.3 is 5.97 Å². The lowest BCUT2D eigenvalue weighted by molar-refractivity contribution is -0.136. The smallest absolute Gasteiger partial charge is 0.353 e. The van der Waals surface area contributed by atoms with Crippen LogP contribution in [0.3, 0.4) is 0 Å². The third kappa shape index (κ3) is 18.1. The molecule has 1 N–H and O–H groups in total. The van der Waals surface area contributed by atoms with Gasteiger partial charge in [0.25, 0.3) is 0 Å². The van der Waals surface area contributed by atoms with Crippen molar-refractivity contribution in [3.8, 4) is 0 Å². The fraction of sp³-hybridized carbons (Fsp3) is 0.800. The van der Waals surface area contributed by atoms with E-state index in [1.807, 2.05) is 12.2 Å². The van der Waals surface area contributed by atoms with Crippen LogP contribution in [0.25, 0.3) is 0 Å². The molecule has 0 bridgehead atoms. The number of hydrogen-bond donors (Lipinski definition) is 1. The highest BCUT2D eigenvalue weighted by molar-refractivity contribution is 5.87. The van der Waals surface area contributed by atoms with Gasteiger partial charge in [0.1, 0.15) is 5.70 Å². The first-order chi connectivity index (χ1) is 13.8. The second-order valence-electron chi connectivity index (χ2n) is 7.85. The van der Waals surface area contributed by atoms with Crippen molar-refractivity contribution in [1.29, 1.82) is 0 Å². The van der Waals surface area contributed by atoms with E-state index >= 15 is 0 Å². The summed E-state index contributed by atoms with van der Waals surface area (Å²) in [7, 11) is 1.45. The average Bonchev–Trinajstić information content (AvgIpc) is 2.71. The van der Waals surface area contributed by atoms with Gasteiger partial charge in [-0.2, -0.15) is 0 Å². The lowest BCUT2D eigenvalue weighted by Crippen LogP contribution is -2.22. The summed E-state index contributed by atoms with van der Waals surface area (Å²) >= 11 is 0. The second-order valence-corrected chi connectivity index (χ2v) is 7.85. The largest absolute Gasteiger partial charge is 0.464 e. The van der Waals surface area contributed by atoms with E-state index in [4.69, 9.17) is 4.74 Å². The third-order valence-corrected chi connectivity index (χ3v) is 5.21. The molecule has 0 radical (unpaired) electrons. The molecule has 0 rings (SSSR count). The molecule has 0 spiro atoms. The zero-order valence-corrected chi connectivity index (χ0v) is 18.9. The Morgan fingerprint density at radius 3 is 1.79 bits per heavy atom. The summed E-state index contributed by atoms with van der Waals surface area (Å²) in [6.45, 7) is 6.82. The molecule has 3 nitrogen and oxygen atoms in total. The molecule has 0 fully saturated rings. The lowest BCUT2D eigenvalue weighted by Gasteiger charge is -2.09. The van der Waals surface area contributed by atoms with E-state index in [2.05, 4.69) is 18.8 Å². The van der Waals surface area contributed by atoms with Crippen LogP contribution in [-0.2, 0) is 9.53 Å². The van der Waals surface area contributed by atoms with E-state index < -0.39 is 0 Å². The van der Waals surface area contributed by atoms with Gasteiger partial charge in [0.2, 0.25) is 0 Å². The van der Waals surface area contributed by atoms with E-state index in [9.17, 15) is 4.79 Å². The molecule has 0 aliphatic carbocycles. The number of rotatable bonds is 21. The highest BCUT2D eigenvalue weighted by Crippen LogP contribution is 2.13. The van der Waals surface area contributed by atoms with Crippen LogP contribution in [0.1, 0.15) is 116 Å². The number of allylic oxidation sites excluding steroid dienone is 2. The number of ether oxygens (including phenoxy) is 1. The van der Waals surface area contributed by atoms with Crippen LogP contribution in [0.15, 0.2) is 24.4 Å². The standard InChI is InChI=1S/C25H47NO2/c1-4-6-8-10-11-12-13-14-15-16-17-18-19-20-22-24(25(27)28-3)26-23-21-9-7-5-2/h5,22,26H,2,4,6-21,23H2,1,3H3/b24-22-. The molecular formula is C25H47NO2. The molecule has 0 heterocycles. The molecule has 0 aromatic heterocycles. The molecule has 0 unspecified atom stereocenters. The predicted molar refractivity (Wildman–Crippen MR) is 122 cm³/mol. The van der Waals surface area contributed by atoms with Crippen LogP contribution >= 0.6 is 0 Å². The maximum absolute atomic E-state index is 11.8. The summed E-state index contributed by atoms with van der Waals surface area (Å²) in [5.41, 5.74) is 0.625. The first kappa shape index (κ1) is 26.8. The van der Waals surface area contributed by atoms with Gasteiger partial charge < -0.3 is 10.1 Å². The molecule has 164 valence electrons. The molecule has 0 atom stereocenters. The minimum absolute atomic E-state index is 0.251. The van der Waals surface area contributed by atoms with Crippen LogP contribution < -0.4 is 5.32 Å². The van der Waals surface area contributed by atoms with Gasteiger partial charge in [0.05, 0.1) is 7.11 Å². The molecule has 0 saturated carbocycles. The number of nitrogens with one attached hydrogen (secondary N) is 1. The SMILES string of the molecule is C=CCCCCN/C(=C\CCCCCCCCCCCCCCC)C(=O)OC. The second kappa shape index (κ2) is 22.0. The van der Waals surface area contributed by atoms with E-state index in [1.165, 1.54) is 84.2 Å². The van der Waals surface area contributed by atoms with Crippen LogP contribution in [0.4, 0.5) is 0 Å². The molecule has 0 aliphatic rings. The van der Waals surface area contributed by atoms with Gasteiger partial charge in [0, 0.05) is 6.54 Å². The van der Waals surface area contributed by atoms with Crippen LogP contribution in [0.2, 0.25) is 0 Å². The molecular weight excluding hydrogens is 346 g/mol. The zero-order chi connectivity index (χ0) is 20.7. The van der Waals surface area contributed by atoms with Gasteiger partial charge in [-0.3, -0.25) is 0 Å². The normalized spacial score (nSPS) is 11.4. The Balaban J connectivity index is 3.61. The molecule has 0 aromatic rings. The Morgan fingerprint density at radius 2 is 1.29 bits per heavy atom. The Morgan fingerprint density at radius 1 is 0.786 bits per heavy atom. The summed E-state index contributed by atoms with van der Waals surface area (Å²) in [5, 5.41) is 3.23. The quantitative estimate of drug-likeness (QED) is 0.0951. The molecule has 28 heavy (non-hydrogen) atoms. The zero-order valence-electron chi connectivity index (χ0n) is 18.9. The van der Waals surface area contributed by atoms with E-state index in [1.54, 1.807) is 0 Å². The van der Waals surface area contributed by atoms with Crippen molar-refractivity contribution in [2.24, 2.45) is 0 Å². The summed E-state index contributed by atoms with van der Waals surface area (Å²) in [4.78, 5) is 11.8. The third-order valence-electron chi connectivity index (χ3n) is 5.21. The highest BCUT2D eigenvalue weighted by Gasteiger charge is 2.07. The summed E-state index contributed by atoms with van der Waals surface area (Å²) in [5.74, 6) is -0.251. The van der Waals surface area contributed by atoms with Crippen molar-refractivity contribution in [3.63, 3.8) is 0 Å². The van der Waals surface area contributed by atoms with Gasteiger partial charge in [-0.05, 0) is 32.1 Å². The van der Waals surface area contributed by atoms with Crippen molar-refractivity contribution in [2.75, 3.05) is 13.7 Å². The maximum atomic E-state index is 11.8. The van der Waals surface area contributed by atoms with E-state index in [-0.39, 0.29) is 5.97 Å². The fourth-order valence-corrected chi connectivity index (χ4v) is 3.38. The number of hydrogen-bond acceptors (Lipinski definition) is 3. The number of carbonyl (C=O) groups is 1. The molecule has 0 saturated heterocycles. The Labute approximate surface area is 175 Å². The summed E-state index contributed by atoms with van der Waals surface area (Å²) in [6.07, 6.45) is 25.8. The first-order valence-corrected chi connectivity index (χ1v) is 11.9. The van der Waals surface area contributed by atoms with Crippen LogP contribution in [0.5, 0.6) is 0 Å². The van der Waals surface area contributed by atoms with Crippen molar-refractivity contribution < 1.29 is 9.53 Å². The fourth-order valence-electron chi connectivity index (χ4n) is 3.38. The minimum atomic E-state index is -0.251. The van der Waals surface area contributed by atoms with Crippen LogP contribution in [0, 0.1) is 0 Å². The van der Waals surface area contributed by atoms with Gasteiger partial charge in [-0.25, -0.2) is 4.79 Å². The van der Waals surface area contributed by atoms with Gasteiger partial charge in [-0.1, -0.05) is 96.1 Å². The minimum Gasteiger partial charge on any atom is -0.464 e. The molecule has 0 aromatic carbocycles. The summed E-state index contributed by atoms with van der Waals surface area (Å²) < 4.78 is 4.87. The van der Waals surface area contributed by atoms with Gasteiger partial charge in [0.15, 0.2) is 0 Å². The van der Waals surface area contributed by atoms with Gasteiger partial charge in [-0.15, -0.1) is 6.58 Å². The van der Waals surface area contributed by atoms with Crippen molar-refractivity contribution in [3.05, 3.63) is 24.4 Å². The van der Waals surface area contributed by atoms with Crippen molar-refractivity contribution in [1.82, 2.24) is 5.32 Å². The molecule has 0 amide bonds. The number of unbranched alkanes of at least 4 members (excludes halogenated alkanes) is 15. The Bertz CT molecular complexity index is 390. The maximum Gasteiger partial charge on any atom is 0.353 e. The van der Waals surface area contributed by atoms with E-state index in [0.29, 0.717) is 5.70 Å². The number of esters is 1. The molecule has 0 aliphatic heterocycles. The highest BCUT2D eigenvalue weighted by atomic mass is 16.5. The number of carbonyl (C=O) groups excluding carboxylic acids is 1. The summed E-state index contributed by atoms with van der Waals surface area (Å²) in [6, 6.07) is 0. The van der Waals surface area contributed by atoms with Crippen molar-refractivity contribution >= 4 is 5.97 Å². The Hall–Kier alpha value is -1.25. The molecule has 3 heteroatoms. The lowest BCUT2D eigenvalue weighted by atomic mass is 10.0. The average molecular weight is 394 g/mol. The van der Waals surface area contributed by atoms with Crippen molar-refractivity contribution in [2.45, 2.75) is 116 Å². The Kier molecular flexibility index (Phi) is 21.1. The first-order valence-electron chi connectivity index (χ1n) is 11.9. The van der Waals surface area contributed by atoms with Crippen LogP contribution in [-0.4, -0.2) is 19.6 Å². The predicted octanol–water partition coefficient (Wildman–Crippen LogP) is 7.47. The van der Waals surface area contributed by atoms with E-state index in [0.717, 1.165) is 38.6 Å². The number of methoxy groups -OCH3 is 1.